The molecule has 0 fully saturated rings. The van der Waals surface area contributed by atoms with Crippen molar-refractivity contribution in [1.82, 2.24) is 5.32 Å². The fourth-order valence-electron chi connectivity index (χ4n) is 1.74. The highest BCUT2D eigenvalue weighted by molar-refractivity contribution is 5.57. The van der Waals surface area contributed by atoms with Gasteiger partial charge in [0.05, 0.1) is 12.8 Å². The van der Waals surface area contributed by atoms with Crippen LogP contribution < -0.4 is 15.0 Å². The number of anilines is 1. The summed E-state index contributed by atoms with van der Waals surface area (Å²) in [5, 5.41) is 3.44. The molecule has 0 aliphatic rings. The molecule has 0 saturated heterocycles. The summed E-state index contributed by atoms with van der Waals surface area (Å²) >= 11 is 0. The molecule has 0 amide bonds. The normalized spacial score (nSPS) is 10.3. The third-order valence-electron chi connectivity index (χ3n) is 2.83. The second kappa shape index (κ2) is 7.96. The molecule has 0 aromatic heterocycles. The Morgan fingerprint density at radius 1 is 1.24 bits per heavy atom. The van der Waals surface area contributed by atoms with E-state index in [2.05, 4.69) is 30.3 Å². The maximum Gasteiger partial charge on any atom is 0.142 e. The monoisotopic (exact) mass is 236 g/mol. The Labute approximate surface area is 105 Å². The number of hydrogen-bond donors (Lipinski definition) is 1. The molecule has 1 rings (SSSR count). The van der Waals surface area contributed by atoms with Gasteiger partial charge in [0.15, 0.2) is 0 Å². The molecular weight excluding hydrogens is 212 g/mol. The van der Waals surface area contributed by atoms with Crippen molar-refractivity contribution >= 4 is 5.69 Å². The first-order valence-corrected chi connectivity index (χ1v) is 6.34. The molecule has 1 N–H and O–H groups in total. The van der Waals surface area contributed by atoms with Gasteiger partial charge in [-0.1, -0.05) is 25.5 Å². The average Bonchev–Trinajstić information content (AvgIpc) is 2.38. The van der Waals surface area contributed by atoms with Crippen LogP contribution in [-0.4, -0.2) is 33.8 Å². The van der Waals surface area contributed by atoms with Crippen LogP contribution in [0.2, 0.25) is 0 Å². The summed E-state index contributed by atoms with van der Waals surface area (Å²) < 4.78 is 5.35. The molecule has 3 heteroatoms. The molecule has 0 radical (unpaired) electrons. The second-order valence-corrected chi connectivity index (χ2v) is 4.20. The van der Waals surface area contributed by atoms with Gasteiger partial charge in [-0.2, -0.15) is 0 Å². The predicted molar refractivity (Wildman–Crippen MR) is 74.0 cm³/mol. The minimum absolute atomic E-state index is 0.934. The molecule has 0 spiro atoms. The van der Waals surface area contributed by atoms with Gasteiger partial charge in [-0.25, -0.2) is 0 Å². The largest absolute Gasteiger partial charge is 0.495 e. The Balaban J connectivity index is 2.38. The van der Waals surface area contributed by atoms with Crippen molar-refractivity contribution in [2.75, 3.05) is 38.7 Å². The summed E-state index contributed by atoms with van der Waals surface area (Å²) in [6.45, 7) is 5.32. The average molecular weight is 236 g/mol. The summed E-state index contributed by atoms with van der Waals surface area (Å²) in [6, 6.07) is 8.12. The smallest absolute Gasteiger partial charge is 0.142 e. The number of likely N-dealkylation sites (N-methyl/N-ethyl adjacent to an activating group) is 1. The molecule has 0 atom stereocenters. The van der Waals surface area contributed by atoms with E-state index in [1.165, 1.54) is 12.8 Å². The van der Waals surface area contributed by atoms with E-state index < -0.39 is 0 Å². The molecule has 0 aliphatic carbocycles. The molecule has 0 heterocycles. The maximum atomic E-state index is 5.35. The quantitative estimate of drug-likeness (QED) is 0.702. The van der Waals surface area contributed by atoms with Crippen LogP contribution in [0.15, 0.2) is 24.3 Å². The van der Waals surface area contributed by atoms with Crippen LogP contribution in [0.5, 0.6) is 5.75 Å². The molecule has 1 aromatic rings. The van der Waals surface area contributed by atoms with E-state index in [0.717, 1.165) is 31.1 Å². The van der Waals surface area contributed by atoms with E-state index in [-0.39, 0.29) is 0 Å². The van der Waals surface area contributed by atoms with Crippen LogP contribution >= 0.6 is 0 Å². The summed E-state index contributed by atoms with van der Waals surface area (Å²) in [5.41, 5.74) is 1.15. The van der Waals surface area contributed by atoms with Crippen molar-refractivity contribution in [1.29, 1.82) is 0 Å². The zero-order valence-electron chi connectivity index (χ0n) is 11.2. The summed E-state index contributed by atoms with van der Waals surface area (Å²) in [7, 11) is 3.81. The predicted octanol–water partition coefficient (Wildman–Crippen LogP) is 2.52. The molecular formula is C14H24N2O. The SMILES string of the molecule is CCCCNCCN(C)c1ccccc1OC. The second-order valence-electron chi connectivity index (χ2n) is 4.20. The Kier molecular flexibility index (Phi) is 6.48. The number of benzene rings is 1. The third kappa shape index (κ3) is 4.65. The van der Waals surface area contributed by atoms with Crippen LogP contribution in [0.3, 0.4) is 0 Å². The number of nitrogens with one attached hydrogen (secondary N) is 1. The zero-order chi connectivity index (χ0) is 12.5. The number of para-hydroxylation sites is 2. The van der Waals surface area contributed by atoms with Gasteiger partial charge in [-0.15, -0.1) is 0 Å². The van der Waals surface area contributed by atoms with E-state index >= 15 is 0 Å². The third-order valence-corrected chi connectivity index (χ3v) is 2.83. The van der Waals surface area contributed by atoms with Crippen molar-refractivity contribution in [3.8, 4) is 5.75 Å². The maximum absolute atomic E-state index is 5.35. The lowest BCUT2D eigenvalue weighted by Gasteiger charge is -2.21. The summed E-state index contributed by atoms with van der Waals surface area (Å²) in [6.07, 6.45) is 2.49. The molecule has 1 aromatic carbocycles. The Morgan fingerprint density at radius 2 is 2.00 bits per heavy atom. The fraction of sp³-hybridized carbons (Fsp3) is 0.571. The van der Waals surface area contributed by atoms with E-state index in [0.29, 0.717) is 0 Å². The minimum atomic E-state index is 0.934. The van der Waals surface area contributed by atoms with Crippen LogP contribution in [-0.2, 0) is 0 Å². The zero-order valence-corrected chi connectivity index (χ0v) is 11.2. The molecule has 96 valence electrons. The molecule has 0 unspecified atom stereocenters. The molecule has 0 bridgehead atoms. The number of nitrogens with zero attached hydrogens (tertiary/aromatic N) is 1. The lowest BCUT2D eigenvalue weighted by molar-refractivity contribution is 0.414. The van der Waals surface area contributed by atoms with Crippen LogP contribution in [0.1, 0.15) is 19.8 Å². The highest BCUT2D eigenvalue weighted by Gasteiger charge is 2.05. The highest BCUT2D eigenvalue weighted by Crippen LogP contribution is 2.25. The molecule has 0 aliphatic heterocycles. The van der Waals surface area contributed by atoms with Gasteiger partial charge in [0, 0.05) is 20.1 Å². The molecule has 0 saturated carbocycles. The van der Waals surface area contributed by atoms with E-state index in [9.17, 15) is 0 Å². The highest BCUT2D eigenvalue weighted by atomic mass is 16.5. The van der Waals surface area contributed by atoms with Gasteiger partial charge >= 0.3 is 0 Å². The first kappa shape index (κ1) is 13.8. The van der Waals surface area contributed by atoms with E-state index in [4.69, 9.17) is 4.74 Å². The fourth-order valence-corrected chi connectivity index (χ4v) is 1.74. The Bertz CT molecular complexity index is 315. The van der Waals surface area contributed by atoms with Crippen LogP contribution in [0.25, 0.3) is 0 Å². The minimum Gasteiger partial charge on any atom is -0.495 e. The first-order valence-electron chi connectivity index (χ1n) is 6.34. The van der Waals surface area contributed by atoms with Gasteiger partial charge in [0.25, 0.3) is 0 Å². The van der Waals surface area contributed by atoms with Gasteiger partial charge in [0.2, 0.25) is 0 Å². The molecule has 17 heavy (non-hydrogen) atoms. The van der Waals surface area contributed by atoms with Crippen molar-refractivity contribution in [3.63, 3.8) is 0 Å². The lowest BCUT2D eigenvalue weighted by Crippen LogP contribution is -2.29. The van der Waals surface area contributed by atoms with E-state index in [1.54, 1.807) is 7.11 Å². The topological polar surface area (TPSA) is 24.5 Å². The first-order chi connectivity index (χ1) is 8.29. The van der Waals surface area contributed by atoms with Gasteiger partial charge in [0.1, 0.15) is 5.75 Å². The summed E-state index contributed by atoms with van der Waals surface area (Å²) in [4.78, 5) is 2.22. The molecule has 3 nitrogen and oxygen atoms in total. The van der Waals surface area contributed by atoms with E-state index in [1.807, 2.05) is 18.2 Å². The van der Waals surface area contributed by atoms with Crippen LogP contribution in [0.4, 0.5) is 5.69 Å². The van der Waals surface area contributed by atoms with Crippen molar-refractivity contribution < 1.29 is 4.74 Å². The number of rotatable bonds is 8. The summed E-state index contributed by atoms with van der Waals surface area (Å²) in [5.74, 6) is 0.934. The van der Waals surface area contributed by atoms with Crippen LogP contribution in [0, 0.1) is 0 Å². The van der Waals surface area contributed by atoms with Crippen molar-refractivity contribution in [2.24, 2.45) is 0 Å². The number of ether oxygens (including phenoxy) is 1. The van der Waals surface area contributed by atoms with Gasteiger partial charge in [-0.05, 0) is 25.1 Å². The Morgan fingerprint density at radius 3 is 2.71 bits per heavy atom. The standard InChI is InChI=1S/C14H24N2O/c1-4-5-10-15-11-12-16(2)13-8-6-7-9-14(13)17-3/h6-9,15H,4-5,10-12H2,1-3H3. The van der Waals surface area contributed by atoms with Crippen molar-refractivity contribution in [2.45, 2.75) is 19.8 Å². The number of unbranched alkanes of at least 4 members (excludes halogenated alkanes) is 1. The lowest BCUT2D eigenvalue weighted by atomic mass is 10.2. The number of hydrogen-bond acceptors (Lipinski definition) is 3. The number of methoxy groups -OCH3 is 1. The Hall–Kier alpha value is -1.22. The van der Waals surface area contributed by atoms with Gasteiger partial charge in [-0.3, -0.25) is 0 Å². The van der Waals surface area contributed by atoms with Crippen molar-refractivity contribution in [3.05, 3.63) is 24.3 Å². The van der Waals surface area contributed by atoms with Gasteiger partial charge < -0.3 is 15.0 Å².